The first-order valence-electron chi connectivity index (χ1n) is 8.35. The summed E-state index contributed by atoms with van der Waals surface area (Å²) in [5, 5.41) is 17.8. The molecule has 2 N–H and O–H groups in total. The third-order valence-corrected chi connectivity index (χ3v) is 5.27. The summed E-state index contributed by atoms with van der Waals surface area (Å²) >= 11 is 11.7. The number of nitro benzene ring substituents is 1. The number of rotatable bonds is 4. The maximum absolute atomic E-state index is 13.1. The van der Waals surface area contributed by atoms with Crippen molar-refractivity contribution in [2.45, 2.75) is 13.0 Å². The van der Waals surface area contributed by atoms with Crippen molar-refractivity contribution in [1.82, 2.24) is 10.2 Å². The first-order valence-corrected chi connectivity index (χ1v) is 9.13. The topological polar surface area (TPSA) is 87.5 Å². The third kappa shape index (κ3) is 3.83. The van der Waals surface area contributed by atoms with Crippen LogP contribution in [-0.2, 0) is 4.79 Å². The van der Waals surface area contributed by atoms with Gasteiger partial charge >= 0.3 is 0 Å². The Labute approximate surface area is 172 Å². The van der Waals surface area contributed by atoms with E-state index in [9.17, 15) is 14.9 Å². The first-order chi connectivity index (χ1) is 13.3. The molecular formula is C19H17ClN4O3S. The normalized spacial score (nSPS) is 16.6. The lowest BCUT2D eigenvalue weighted by Crippen LogP contribution is -2.46. The van der Waals surface area contributed by atoms with Crippen LogP contribution in [-0.4, -0.2) is 27.9 Å². The number of amides is 1. The number of non-ortho nitro benzene ring substituents is 1. The first kappa shape index (κ1) is 19.8. The van der Waals surface area contributed by atoms with Crippen molar-refractivity contribution in [1.29, 1.82) is 0 Å². The van der Waals surface area contributed by atoms with E-state index in [4.69, 9.17) is 23.8 Å². The minimum Gasteiger partial charge on any atom is -0.351 e. The fraction of sp³-hybridized carbons (Fsp3) is 0.158. The smallest absolute Gasteiger partial charge is 0.271 e. The van der Waals surface area contributed by atoms with Gasteiger partial charge in [0.05, 0.1) is 16.5 Å². The Kier molecular flexibility index (Phi) is 5.62. The molecule has 0 aliphatic carbocycles. The number of carbonyl (C=O) groups excluding carboxylic acids is 1. The summed E-state index contributed by atoms with van der Waals surface area (Å²) in [7, 11) is 1.76. The van der Waals surface area contributed by atoms with Gasteiger partial charge in [-0.2, -0.15) is 0 Å². The lowest BCUT2D eigenvalue weighted by atomic mass is 9.94. The number of nitrogens with zero attached hydrogens (tertiary/aromatic N) is 2. The summed E-state index contributed by atoms with van der Waals surface area (Å²) in [5.74, 6) is -0.398. The molecule has 1 aliphatic heterocycles. The van der Waals surface area contributed by atoms with Crippen LogP contribution in [0.15, 0.2) is 59.8 Å². The summed E-state index contributed by atoms with van der Waals surface area (Å²) in [6.07, 6.45) is 0. The Balaban J connectivity index is 2.01. The lowest BCUT2D eigenvalue weighted by molar-refractivity contribution is -0.384. The Morgan fingerprint density at radius 1 is 1.29 bits per heavy atom. The highest BCUT2D eigenvalue weighted by Gasteiger charge is 2.33. The van der Waals surface area contributed by atoms with Crippen LogP contribution in [0.4, 0.5) is 11.4 Å². The van der Waals surface area contributed by atoms with Gasteiger partial charge in [-0.1, -0.05) is 35.9 Å². The number of thiocarbonyl (C=S) groups is 1. The number of hydrogen-bond donors (Lipinski definition) is 2. The fourth-order valence-electron chi connectivity index (χ4n) is 2.97. The van der Waals surface area contributed by atoms with Gasteiger partial charge in [0, 0.05) is 35.6 Å². The van der Waals surface area contributed by atoms with Gasteiger partial charge < -0.3 is 15.5 Å². The zero-order chi connectivity index (χ0) is 20.4. The van der Waals surface area contributed by atoms with Gasteiger partial charge in [-0.25, -0.2) is 0 Å². The van der Waals surface area contributed by atoms with E-state index in [0.717, 1.165) is 0 Å². The monoisotopic (exact) mass is 416 g/mol. The van der Waals surface area contributed by atoms with E-state index in [2.05, 4.69) is 10.6 Å². The zero-order valence-electron chi connectivity index (χ0n) is 15.1. The SMILES string of the molecule is CC1=C(C(=O)Nc2cccc([N+](=O)[O-])c2)C(c2ccccc2Cl)NC(=S)N1C. The van der Waals surface area contributed by atoms with Crippen molar-refractivity contribution in [2.24, 2.45) is 0 Å². The molecule has 3 rings (SSSR count). The van der Waals surface area contributed by atoms with Gasteiger partial charge in [0.15, 0.2) is 5.11 Å². The minimum atomic E-state index is -0.545. The van der Waals surface area contributed by atoms with E-state index < -0.39 is 16.9 Å². The number of nitro groups is 1. The standard InChI is InChI=1S/C19H17ClN4O3S/c1-11-16(18(25)21-12-6-5-7-13(10-12)24(26)27)17(22-19(28)23(11)2)14-8-3-4-9-15(14)20/h3-10,17H,1-2H3,(H,21,25)(H,22,28). The Hall–Kier alpha value is -2.97. The molecule has 1 unspecified atom stereocenters. The van der Waals surface area contributed by atoms with E-state index in [1.807, 2.05) is 12.1 Å². The van der Waals surface area contributed by atoms with Crippen LogP contribution >= 0.6 is 23.8 Å². The van der Waals surface area contributed by atoms with Gasteiger partial charge in [-0.3, -0.25) is 14.9 Å². The zero-order valence-corrected chi connectivity index (χ0v) is 16.7. The molecule has 0 aromatic heterocycles. The van der Waals surface area contributed by atoms with Crippen molar-refractivity contribution in [3.05, 3.63) is 80.5 Å². The summed E-state index contributed by atoms with van der Waals surface area (Å²) in [5.41, 5.74) is 2.02. The van der Waals surface area contributed by atoms with Crippen LogP contribution in [0.3, 0.4) is 0 Å². The predicted molar refractivity (Wildman–Crippen MR) is 112 cm³/mol. The van der Waals surface area contributed by atoms with E-state index in [1.54, 1.807) is 37.1 Å². The van der Waals surface area contributed by atoms with Crippen LogP contribution in [0, 0.1) is 10.1 Å². The highest BCUT2D eigenvalue weighted by Crippen LogP contribution is 2.34. The molecule has 144 valence electrons. The molecule has 1 amide bonds. The van der Waals surface area contributed by atoms with Crippen LogP contribution in [0.1, 0.15) is 18.5 Å². The second kappa shape index (κ2) is 7.95. The molecular weight excluding hydrogens is 400 g/mol. The molecule has 1 atom stereocenters. The summed E-state index contributed by atoms with van der Waals surface area (Å²) < 4.78 is 0. The van der Waals surface area contributed by atoms with Crippen LogP contribution in [0.25, 0.3) is 0 Å². The van der Waals surface area contributed by atoms with Crippen LogP contribution in [0.5, 0.6) is 0 Å². The van der Waals surface area contributed by atoms with Gasteiger partial charge in [0.2, 0.25) is 0 Å². The highest BCUT2D eigenvalue weighted by atomic mass is 35.5. The van der Waals surface area contributed by atoms with Gasteiger partial charge in [-0.15, -0.1) is 0 Å². The molecule has 2 aromatic rings. The molecule has 1 aliphatic rings. The van der Waals surface area contributed by atoms with Crippen molar-refractivity contribution in [3.8, 4) is 0 Å². The molecule has 0 radical (unpaired) electrons. The quantitative estimate of drug-likeness (QED) is 0.444. The largest absolute Gasteiger partial charge is 0.351 e. The van der Waals surface area contributed by atoms with Crippen molar-refractivity contribution in [2.75, 3.05) is 12.4 Å². The molecule has 0 saturated heterocycles. The minimum absolute atomic E-state index is 0.105. The van der Waals surface area contributed by atoms with Crippen molar-refractivity contribution < 1.29 is 9.72 Å². The Morgan fingerprint density at radius 3 is 2.68 bits per heavy atom. The number of halogens is 1. The second-order valence-corrected chi connectivity index (χ2v) is 7.02. The molecule has 0 spiro atoms. The average molecular weight is 417 g/mol. The molecule has 1 heterocycles. The molecule has 9 heteroatoms. The average Bonchev–Trinajstić information content (AvgIpc) is 2.66. The van der Waals surface area contributed by atoms with Crippen LogP contribution in [0.2, 0.25) is 5.02 Å². The van der Waals surface area contributed by atoms with Crippen LogP contribution < -0.4 is 10.6 Å². The predicted octanol–water partition coefficient (Wildman–Crippen LogP) is 4.02. The fourth-order valence-corrected chi connectivity index (χ4v) is 3.47. The molecule has 0 saturated carbocycles. The molecule has 2 aromatic carbocycles. The Bertz CT molecular complexity index is 1010. The van der Waals surface area contributed by atoms with Gasteiger partial charge in [-0.05, 0) is 36.8 Å². The number of carbonyl (C=O) groups is 1. The second-order valence-electron chi connectivity index (χ2n) is 6.22. The number of nitrogens with one attached hydrogen (secondary N) is 2. The van der Waals surface area contributed by atoms with E-state index in [1.165, 1.54) is 18.2 Å². The van der Waals surface area contributed by atoms with Crippen molar-refractivity contribution in [3.63, 3.8) is 0 Å². The van der Waals surface area contributed by atoms with E-state index >= 15 is 0 Å². The number of allylic oxidation sites excluding steroid dienone is 1. The summed E-state index contributed by atoms with van der Waals surface area (Å²) in [6.45, 7) is 1.79. The van der Waals surface area contributed by atoms with Gasteiger partial charge in [0.1, 0.15) is 0 Å². The molecule has 28 heavy (non-hydrogen) atoms. The van der Waals surface area contributed by atoms with E-state index in [-0.39, 0.29) is 5.69 Å². The van der Waals surface area contributed by atoms with E-state index in [0.29, 0.717) is 32.7 Å². The summed E-state index contributed by atoms with van der Waals surface area (Å²) in [4.78, 5) is 25.3. The molecule has 0 fully saturated rings. The number of hydrogen-bond acceptors (Lipinski definition) is 4. The maximum atomic E-state index is 13.1. The summed E-state index contributed by atoms with van der Waals surface area (Å²) in [6, 6.07) is 12.4. The lowest BCUT2D eigenvalue weighted by Gasteiger charge is -2.36. The third-order valence-electron chi connectivity index (χ3n) is 4.53. The van der Waals surface area contributed by atoms with Crippen molar-refractivity contribution >= 4 is 46.2 Å². The number of benzene rings is 2. The highest BCUT2D eigenvalue weighted by molar-refractivity contribution is 7.80. The number of anilines is 1. The molecule has 0 bridgehead atoms. The maximum Gasteiger partial charge on any atom is 0.271 e. The Morgan fingerprint density at radius 2 is 2.00 bits per heavy atom. The molecule has 7 nitrogen and oxygen atoms in total. The van der Waals surface area contributed by atoms with Gasteiger partial charge in [0.25, 0.3) is 11.6 Å².